The Morgan fingerprint density at radius 3 is 2.68 bits per heavy atom. The number of amides is 1. The SMILES string of the molecule is Cc1cc(C)c2nc(CCC(=O)NCCc3nc4ccc(Cl)cc4[nH]3)[nH]c2c1. The van der Waals surface area contributed by atoms with Crippen molar-refractivity contribution in [1.29, 1.82) is 0 Å². The fraction of sp³-hybridized carbons (Fsp3) is 0.286. The Bertz CT molecular complexity index is 1160. The van der Waals surface area contributed by atoms with Crippen molar-refractivity contribution in [3.8, 4) is 0 Å². The number of aryl methyl sites for hydroxylation is 3. The third kappa shape index (κ3) is 4.02. The normalized spacial score (nSPS) is 11.4. The van der Waals surface area contributed by atoms with E-state index in [4.69, 9.17) is 11.6 Å². The summed E-state index contributed by atoms with van der Waals surface area (Å²) in [6.45, 7) is 4.65. The maximum atomic E-state index is 12.2. The van der Waals surface area contributed by atoms with Gasteiger partial charge in [-0.2, -0.15) is 0 Å². The molecule has 0 fully saturated rings. The Morgan fingerprint density at radius 2 is 1.82 bits per heavy atom. The molecule has 1 amide bonds. The third-order valence-corrected chi connectivity index (χ3v) is 4.97. The van der Waals surface area contributed by atoms with Gasteiger partial charge in [0.1, 0.15) is 11.6 Å². The molecule has 0 saturated carbocycles. The number of fused-ring (bicyclic) bond motifs is 2. The van der Waals surface area contributed by atoms with Crippen LogP contribution in [-0.2, 0) is 17.6 Å². The van der Waals surface area contributed by atoms with Crippen molar-refractivity contribution in [1.82, 2.24) is 25.3 Å². The highest BCUT2D eigenvalue weighted by Gasteiger charge is 2.09. The van der Waals surface area contributed by atoms with Crippen molar-refractivity contribution >= 4 is 39.6 Å². The number of carbonyl (C=O) groups is 1. The van der Waals surface area contributed by atoms with Crippen LogP contribution in [0.25, 0.3) is 22.1 Å². The number of hydrogen-bond donors (Lipinski definition) is 3. The largest absolute Gasteiger partial charge is 0.356 e. The molecule has 4 aromatic rings. The average molecular weight is 396 g/mol. The second-order valence-corrected chi connectivity index (χ2v) is 7.54. The summed E-state index contributed by atoms with van der Waals surface area (Å²) in [6.07, 6.45) is 1.62. The van der Waals surface area contributed by atoms with Crippen LogP contribution in [0.2, 0.25) is 5.02 Å². The Morgan fingerprint density at radius 1 is 1.04 bits per heavy atom. The molecule has 0 radical (unpaired) electrons. The topological polar surface area (TPSA) is 86.5 Å². The number of halogens is 1. The number of aromatic nitrogens is 4. The van der Waals surface area contributed by atoms with Crippen molar-refractivity contribution in [2.24, 2.45) is 0 Å². The van der Waals surface area contributed by atoms with E-state index in [9.17, 15) is 4.79 Å². The van der Waals surface area contributed by atoms with Gasteiger partial charge in [-0.25, -0.2) is 9.97 Å². The summed E-state index contributed by atoms with van der Waals surface area (Å²) in [5.74, 6) is 1.68. The van der Waals surface area contributed by atoms with Crippen molar-refractivity contribution in [2.45, 2.75) is 33.1 Å². The summed E-state index contributed by atoms with van der Waals surface area (Å²) in [5.41, 5.74) is 6.13. The third-order valence-electron chi connectivity index (χ3n) is 4.74. The quantitative estimate of drug-likeness (QED) is 0.461. The van der Waals surface area contributed by atoms with Gasteiger partial charge in [-0.3, -0.25) is 4.79 Å². The number of H-pyrrole nitrogens is 2. The molecule has 0 aliphatic heterocycles. The van der Waals surface area contributed by atoms with Crippen LogP contribution >= 0.6 is 11.6 Å². The molecule has 0 unspecified atom stereocenters. The summed E-state index contributed by atoms with van der Waals surface area (Å²) in [5, 5.41) is 3.62. The van der Waals surface area contributed by atoms with Gasteiger partial charge in [0, 0.05) is 30.8 Å². The molecule has 6 nitrogen and oxygen atoms in total. The fourth-order valence-corrected chi connectivity index (χ4v) is 3.61. The van der Waals surface area contributed by atoms with Crippen molar-refractivity contribution in [2.75, 3.05) is 6.54 Å². The minimum Gasteiger partial charge on any atom is -0.356 e. The van der Waals surface area contributed by atoms with Gasteiger partial charge in [-0.05, 0) is 49.2 Å². The van der Waals surface area contributed by atoms with E-state index in [1.165, 1.54) is 5.56 Å². The van der Waals surface area contributed by atoms with Crippen LogP contribution < -0.4 is 5.32 Å². The lowest BCUT2D eigenvalue weighted by molar-refractivity contribution is -0.121. The lowest BCUT2D eigenvalue weighted by Crippen LogP contribution is -2.26. The van der Waals surface area contributed by atoms with E-state index in [2.05, 4.69) is 51.2 Å². The highest BCUT2D eigenvalue weighted by atomic mass is 35.5. The molecule has 28 heavy (non-hydrogen) atoms. The van der Waals surface area contributed by atoms with E-state index in [0.717, 1.165) is 39.3 Å². The van der Waals surface area contributed by atoms with Crippen LogP contribution in [0.5, 0.6) is 0 Å². The number of nitrogens with zero attached hydrogens (tertiary/aromatic N) is 2. The van der Waals surface area contributed by atoms with Crippen LogP contribution in [0.4, 0.5) is 0 Å². The van der Waals surface area contributed by atoms with Crippen LogP contribution in [0, 0.1) is 13.8 Å². The molecule has 2 heterocycles. The molecule has 0 spiro atoms. The van der Waals surface area contributed by atoms with Gasteiger partial charge < -0.3 is 15.3 Å². The number of imidazole rings is 2. The monoisotopic (exact) mass is 395 g/mol. The summed E-state index contributed by atoms with van der Waals surface area (Å²) < 4.78 is 0. The van der Waals surface area contributed by atoms with Gasteiger partial charge in [0.2, 0.25) is 5.91 Å². The molecule has 144 valence electrons. The molecule has 2 aromatic carbocycles. The maximum absolute atomic E-state index is 12.2. The average Bonchev–Trinajstić information content (AvgIpc) is 3.23. The standard InChI is InChI=1S/C21H22ClN5O/c1-12-9-13(2)21-17(10-12)26-18(27-21)5-6-20(28)23-8-7-19-24-15-4-3-14(22)11-16(15)25-19/h3-4,9-11H,5-8H2,1-2H3,(H,23,28)(H,24,25)(H,26,27). The number of nitrogens with one attached hydrogen (secondary N) is 3. The van der Waals surface area contributed by atoms with Crippen LogP contribution in [-0.4, -0.2) is 32.4 Å². The lowest BCUT2D eigenvalue weighted by Gasteiger charge is -2.03. The maximum Gasteiger partial charge on any atom is 0.220 e. The molecule has 0 saturated heterocycles. The molecule has 4 rings (SSSR count). The highest BCUT2D eigenvalue weighted by Crippen LogP contribution is 2.19. The molecule has 0 aliphatic carbocycles. The van der Waals surface area contributed by atoms with Gasteiger partial charge in [0.05, 0.1) is 22.1 Å². The number of carbonyl (C=O) groups excluding carboxylic acids is 1. The summed E-state index contributed by atoms with van der Waals surface area (Å²) in [6, 6.07) is 9.75. The number of aromatic amines is 2. The Labute approximate surface area is 167 Å². The molecule has 3 N–H and O–H groups in total. The van der Waals surface area contributed by atoms with Crippen molar-refractivity contribution < 1.29 is 4.79 Å². The smallest absolute Gasteiger partial charge is 0.220 e. The molecular weight excluding hydrogens is 374 g/mol. The molecule has 2 aromatic heterocycles. The van der Waals surface area contributed by atoms with E-state index in [-0.39, 0.29) is 5.91 Å². The first-order valence-electron chi connectivity index (χ1n) is 9.34. The summed E-state index contributed by atoms with van der Waals surface area (Å²) in [7, 11) is 0. The zero-order valence-electron chi connectivity index (χ0n) is 15.9. The van der Waals surface area contributed by atoms with Gasteiger partial charge >= 0.3 is 0 Å². The van der Waals surface area contributed by atoms with Crippen molar-refractivity contribution in [3.63, 3.8) is 0 Å². The lowest BCUT2D eigenvalue weighted by atomic mass is 10.1. The van der Waals surface area contributed by atoms with Crippen LogP contribution in [0.1, 0.15) is 29.2 Å². The number of rotatable bonds is 6. The first kappa shape index (κ1) is 18.5. The van der Waals surface area contributed by atoms with E-state index < -0.39 is 0 Å². The molecule has 0 bridgehead atoms. The van der Waals surface area contributed by atoms with E-state index in [1.807, 2.05) is 18.2 Å². The van der Waals surface area contributed by atoms with Crippen LogP contribution in [0.3, 0.4) is 0 Å². The minimum absolute atomic E-state index is 0.00696. The van der Waals surface area contributed by atoms with Gasteiger partial charge in [0.25, 0.3) is 0 Å². The van der Waals surface area contributed by atoms with E-state index in [1.54, 1.807) is 0 Å². The summed E-state index contributed by atoms with van der Waals surface area (Å²) in [4.78, 5) is 27.8. The van der Waals surface area contributed by atoms with E-state index in [0.29, 0.717) is 30.8 Å². The first-order valence-corrected chi connectivity index (χ1v) is 9.72. The first-order chi connectivity index (χ1) is 13.5. The summed E-state index contributed by atoms with van der Waals surface area (Å²) >= 11 is 5.99. The van der Waals surface area contributed by atoms with Gasteiger partial charge in [-0.1, -0.05) is 17.7 Å². The molecular formula is C21H22ClN5O. The predicted octanol–water partition coefficient (Wildman–Crippen LogP) is 4.00. The number of benzene rings is 2. The Balaban J connectivity index is 1.29. The minimum atomic E-state index is 0.00696. The van der Waals surface area contributed by atoms with Gasteiger partial charge in [-0.15, -0.1) is 0 Å². The zero-order valence-corrected chi connectivity index (χ0v) is 16.7. The Hall–Kier alpha value is -2.86. The van der Waals surface area contributed by atoms with Crippen molar-refractivity contribution in [3.05, 3.63) is 58.1 Å². The van der Waals surface area contributed by atoms with E-state index >= 15 is 0 Å². The fourth-order valence-electron chi connectivity index (χ4n) is 3.43. The van der Waals surface area contributed by atoms with Gasteiger partial charge in [0.15, 0.2) is 0 Å². The second-order valence-electron chi connectivity index (χ2n) is 7.11. The van der Waals surface area contributed by atoms with Crippen LogP contribution in [0.15, 0.2) is 30.3 Å². The molecule has 0 atom stereocenters. The zero-order chi connectivity index (χ0) is 19.7. The number of hydrogen-bond acceptors (Lipinski definition) is 3. The predicted molar refractivity (Wildman–Crippen MR) is 112 cm³/mol. The Kier molecular flexibility index (Phi) is 5.05. The molecule has 7 heteroatoms. The second kappa shape index (κ2) is 7.64. The highest BCUT2D eigenvalue weighted by molar-refractivity contribution is 6.31. The molecule has 0 aliphatic rings.